The van der Waals surface area contributed by atoms with Gasteiger partial charge in [0.2, 0.25) is 0 Å². The van der Waals surface area contributed by atoms with E-state index in [1.54, 1.807) is 18.2 Å². The number of nitrogens with one attached hydrogen (secondary N) is 1. The molecule has 0 saturated carbocycles. The van der Waals surface area contributed by atoms with Crippen LogP contribution in [0.25, 0.3) is 0 Å². The molecule has 17 heavy (non-hydrogen) atoms. The van der Waals surface area contributed by atoms with Crippen molar-refractivity contribution in [3.63, 3.8) is 0 Å². The summed E-state index contributed by atoms with van der Waals surface area (Å²) in [7, 11) is 0. The van der Waals surface area contributed by atoms with Crippen LogP contribution in [0.5, 0.6) is 5.75 Å². The van der Waals surface area contributed by atoms with Crippen molar-refractivity contribution in [3.05, 3.63) is 30.1 Å². The van der Waals surface area contributed by atoms with E-state index in [1.165, 1.54) is 18.9 Å². The van der Waals surface area contributed by atoms with E-state index in [1.807, 2.05) is 6.92 Å². The third kappa shape index (κ3) is 3.70. The van der Waals surface area contributed by atoms with Crippen molar-refractivity contribution in [2.75, 3.05) is 13.1 Å². The molecule has 0 aliphatic carbocycles. The normalized spacial score (nSPS) is 18.9. The van der Waals surface area contributed by atoms with Crippen LogP contribution in [0.4, 0.5) is 4.39 Å². The minimum Gasteiger partial charge on any atom is -0.488 e. The smallest absolute Gasteiger partial charge is 0.165 e. The van der Waals surface area contributed by atoms with Crippen molar-refractivity contribution < 1.29 is 9.13 Å². The zero-order valence-electron chi connectivity index (χ0n) is 10.3. The fourth-order valence-electron chi connectivity index (χ4n) is 2.39. The summed E-state index contributed by atoms with van der Waals surface area (Å²) >= 11 is 0. The molecule has 3 heteroatoms. The topological polar surface area (TPSA) is 21.3 Å². The van der Waals surface area contributed by atoms with E-state index in [-0.39, 0.29) is 11.9 Å². The van der Waals surface area contributed by atoms with Crippen molar-refractivity contribution in [1.82, 2.24) is 5.32 Å². The Bertz CT molecular complexity index is 350. The van der Waals surface area contributed by atoms with Crippen molar-refractivity contribution in [2.24, 2.45) is 5.92 Å². The first kappa shape index (κ1) is 12.4. The summed E-state index contributed by atoms with van der Waals surface area (Å²) in [6.07, 6.45) is 3.49. The van der Waals surface area contributed by atoms with Gasteiger partial charge in [-0.15, -0.1) is 0 Å². The van der Waals surface area contributed by atoms with Gasteiger partial charge in [-0.2, -0.15) is 0 Å². The third-order valence-electron chi connectivity index (χ3n) is 3.29. The molecule has 94 valence electrons. The van der Waals surface area contributed by atoms with Gasteiger partial charge in [0.05, 0.1) is 6.10 Å². The molecule has 0 radical (unpaired) electrons. The minimum absolute atomic E-state index is 0.0787. The molecule has 1 atom stereocenters. The molecule has 2 nitrogen and oxygen atoms in total. The Morgan fingerprint density at radius 2 is 2.06 bits per heavy atom. The highest BCUT2D eigenvalue weighted by Gasteiger charge is 2.17. The van der Waals surface area contributed by atoms with Crippen LogP contribution in [0, 0.1) is 11.7 Å². The highest BCUT2D eigenvalue weighted by Crippen LogP contribution is 2.22. The number of hydrogen-bond acceptors (Lipinski definition) is 2. The van der Waals surface area contributed by atoms with E-state index < -0.39 is 0 Å². The van der Waals surface area contributed by atoms with Crippen LogP contribution < -0.4 is 10.1 Å². The number of hydrogen-bond donors (Lipinski definition) is 1. The van der Waals surface area contributed by atoms with E-state index in [9.17, 15) is 4.39 Å². The molecule has 1 fully saturated rings. The highest BCUT2D eigenvalue weighted by molar-refractivity contribution is 5.23. The van der Waals surface area contributed by atoms with E-state index in [0.29, 0.717) is 11.7 Å². The fraction of sp³-hybridized carbons (Fsp3) is 0.571. The number of ether oxygens (including phenoxy) is 1. The van der Waals surface area contributed by atoms with E-state index >= 15 is 0 Å². The molecule has 1 aliphatic rings. The van der Waals surface area contributed by atoms with Gasteiger partial charge in [0, 0.05) is 0 Å². The zero-order valence-corrected chi connectivity index (χ0v) is 10.3. The second kappa shape index (κ2) is 6.01. The van der Waals surface area contributed by atoms with Gasteiger partial charge in [-0.05, 0) is 57.3 Å². The molecule has 1 unspecified atom stereocenters. The Morgan fingerprint density at radius 1 is 1.35 bits per heavy atom. The summed E-state index contributed by atoms with van der Waals surface area (Å²) in [6.45, 7) is 4.21. The second-order valence-corrected chi connectivity index (χ2v) is 4.79. The van der Waals surface area contributed by atoms with Crippen LogP contribution in [0.2, 0.25) is 0 Å². The number of benzene rings is 1. The Kier molecular flexibility index (Phi) is 4.37. The molecule has 1 aromatic rings. The number of piperidine rings is 1. The van der Waals surface area contributed by atoms with Crippen LogP contribution in [-0.4, -0.2) is 19.2 Å². The predicted octanol–water partition coefficient (Wildman–Crippen LogP) is 2.98. The summed E-state index contributed by atoms with van der Waals surface area (Å²) in [4.78, 5) is 0. The summed E-state index contributed by atoms with van der Waals surface area (Å²) in [5, 5.41) is 3.35. The molecule has 1 aromatic carbocycles. The summed E-state index contributed by atoms with van der Waals surface area (Å²) < 4.78 is 19.0. The SMILES string of the molecule is CC(CC1CCNCC1)Oc1ccccc1F. The molecule has 1 N–H and O–H groups in total. The maximum absolute atomic E-state index is 13.4. The monoisotopic (exact) mass is 237 g/mol. The standard InChI is InChI=1S/C14H20FNO/c1-11(10-12-6-8-16-9-7-12)17-14-5-3-2-4-13(14)15/h2-5,11-12,16H,6-10H2,1H3. The van der Waals surface area contributed by atoms with Gasteiger partial charge in [-0.1, -0.05) is 12.1 Å². The molecule has 0 amide bonds. The average Bonchev–Trinajstić information content (AvgIpc) is 2.33. The van der Waals surface area contributed by atoms with Gasteiger partial charge in [0.15, 0.2) is 11.6 Å². The van der Waals surface area contributed by atoms with Gasteiger partial charge in [-0.3, -0.25) is 0 Å². The van der Waals surface area contributed by atoms with E-state index in [4.69, 9.17) is 4.74 Å². The lowest BCUT2D eigenvalue weighted by atomic mass is 9.92. The predicted molar refractivity (Wildman–Crippen MR) is 66.7 cm³/mol. The number of halogens is 1. The van der Waals surface area contributed by atoms with Gasteiger partial charge in [-0.25, -0.2) is 4.39 Å². The first-order valence-corrected chi connectivity index (χ1v) is 6.37. The lowest BCUT2D eigenvalue weighted by Crippen LogP contribution is -2.30. The van der Waals surface area contributed by atoms with Crippen LogP contribution >= 0.6 is 0 Å². The van der Waals surface area contributed by atoms with Crippen LogP contribution in [-0.2, 0) is 0 Å². The Balaban J connectivity index is 1.84. The summed E-state index contributed by atoms with van der Waals surface area (Å²) in [5.41, 5.74) is 0. The van der Waals surface area contributed by atoms with E-state index in [0.717, 1.165) is 19.5 Å². The molecule has 0 aromatic heterocycles. The summed E-state index contributed by atoms with van der Waals surface area (Å²) in [5.74, 6) is 0.802. The molecular formula is C14H20FNO. The van der Waals surface area contributed by atoms with E-state index in [2.05, 4.69) is 5.32 Å². The second-order valence-electron chi connectivity index (χ2n) is 4.79. The zero-order chi connectivity index (χ0) is 12.1. The number of rotatable bonds is 4. The van der Waals surface area contributed by atoms with Gasteiger partial charge < -0.3 is 10.1 Å². The maximum Gasteiger partial charge on any atom is 0.165 e. The molecule has 0 bridgehead atoms. The van der Waals surface area contributed by atoms with Crippen LogP contribution in [0.15, 0.2) is 24.3 Å². The van der Waals surface area contributed by atoms with Crippen LogP contribution in [0.3, 0.4) is 0 Å². The molecular weight excluding hydrogens is 217 g/mol. The minimum atomic E-state index is -0.273. The molecule has 1 saturated heterocycles. The van der Waals surface area contributed by atoms with Gasteiger partial charge in [0.1, 0.15) is 0 Å². The first-order chi connectivity index (χ1) is 8.25. The average molecular weight is 237 g/mol. The van der Waals surface area contributed by atoms with Gasteiger partial charge in [0.25, 0.3) is 0 Å². The van der Waals surface area contributed by atoms with Crippen molar-refractivity contribution >= 4 is 0 Å². The van der Waals surface area contributed by atoms with Crippen molar-refractivity contribution in [1.29, 1.82) is 0 Å². The molecule has 1 heterocycles. The van der Waals surface area contributed by atoms with Gasteiger partial charge >= 0.3 is 0 Å². The fourth-order valence-corrected chi connectivity index (χ4v) is 2.39. The van der Waals surface area contributed by atoms with Crippen molar-refractivity contribution in [3.8, 4) is 5.75 Å². The molecule has 0 spiro atoms. The first-order valence-electron chi connectivity index (χ1n) is 6.37. The lowest BCUT2D eigenvalue weighted by Gasteiger charge is -2.25. The Labute approximate surface area is 102 Å². The highest BCUT2D eigenvalue weighted by atomic mass is 19.1. The third-order valence-corrected chi connectivity index (χ3v) is 3.29. The quantitative estimate of drug-likeness (QED) is 0.869. The Hall–Kier alpha value is -1.09. The lowest BCUT2D eigenvalue weighted by molar-refractivity contribution is 0.165. The van der Waals surface area contributed by atoms with Crippen LogP contribution in [0.1, 0.15) is 26.2 Å². The molecule has 1 aliphatic heterocycles. The number of para-hydroxylation sites is 1. The maximum atomic E-state index is 13.4. The van der Waals surface area contributed by atoms with Crippen molar-refractivity contribution in [2.45, 2.75) is 32.3 Å². The summed E-state index contributed by atoms with van der Waals surface area (Å²) in [6, 6.07) is 6.61. The molecule has 2 rings (SSSR count). The largest absolute Gasteiger partial charge is 0.488 e. The Morgan fingerprint density at radius 3 is 2.76 bits per heavy atom.